The second-order valence-corrected chi connectivity index (χ2v) is 14.8. The number of ether oxygens (including phenoxy) is 2. The molecule has 5 atom stereocenters. The van der Waals surface area contributed by atoms with E-state index in [1.165, 1.54) is 7.11 Å². The Morgan fingerprint density at radius 2 is 1.67 bits per heavy atom. The first kappa shape index (κ1) is 40.1. The number of aliphatic hydroxyl groups excluding tert-OH is 4. The molecule has 11 heteroatoms. The smallest absolute Gasteiger partial charge is 0.245 e. The Kier molecular flexibility index (Phi) is 13.6. The van der Waals surface area contributed by atoms with Gasteiger partial charge in [0.15, 0.2) is 0 Å². The molecule has 1 heterocycles. The minimum atomic E-state index is -1.50. The van der Waals surface area contributed by atoms with Crippen LogP contribution in [0, 0.1) is 12.3 Å². The number of nitrogens with one attached hydrogen (secondary N) is 2. The van der Waals surface area contributed by atoms with Crippen molar-refractivity contribution in [3.63, 3.8) is 0 Å². The molecule has 49 heavy (non-hydrogen) atoms. The number of benzene rings is 2. The maximum Gasteiger partial charge on any atom is 0.245 e. The van der Waals surface area contributed by atoms with Crippen LogP contribution in [0.2, 0.25) is 0 Å². The Hall–Kier alpha value is -3.32. The molecular weight excluding hydrogens is 626 g/mol. The summed E-state index contributed by atoms with van der Waals surface area (Å²) < 4.78 is 11.6. The van der Waals surface area contributed by atoms with E-state index in [0.29, 0.717) is 30.8 Å². The summed E-state index contributed by atoms with van der Waals surface area (Å²) >= 11 is 0. The number of amides is 2. The van der Waals surface area contributed by atoms with Gasteiger partial charge < -0.3 is 45.4 Å². The van der Waals surface area contributed by atoms with E-state index in [1.807, 2.05) is 76.2 Å². The van der Waals surface area contributed by atoms with Gasteiger partial charge in [-0.05, 0) is 101 Å². The number of likely N-dealkylation sites (N-methyl/N-ethyl adjacent to an activating group) is 1. The summed E-state index contributed by atoms with van der Waals surface area (Å²) in [4.78, 5) is 28.0. The Morgan fingerprint density at radius 3 is 2.24 bits per heavy atom. The first-order valence-electron chi connectivity index (χ1n) is 16.9. The van der Waals surface area contributed by atoms with Crippen molar-refractivity contribution in [3.05, 3.63) is 69.8 Å². The van der Waals surface area contributed by atoms with E-state index in [4.69, 9.17) is 9.47 Å². The molecule has 1 aliphatic rings. The monoisotopic (exact) mass is 683 g/mol. The lowest BCUT2D eigenvalue weighted by Crippen LogP contribution is -2.57. The van der Waals surface area contributed by atoms with Crippen LogP contribution in [-0.4, -0.2) is 108 Å². The van der Waals surface area contributed by atoms with Crippen molar-refractivity contribution in [1.82, 2.24) is 15.5 Å². The van der Waals surface area contributed by atoms with E-state index in [1.54, 1.807) is 13.8 Å². The summed E-state index contributed by atoms with van der Waals surface area (Å²) in [5, 5.41) is 47.2. The Morgan fingerprint density at radius 1 is 1.00 bits per heavy atom. The zero-order valence-corrected chi connectivity index (χ0v) is 30.7. The molecule has 0 radical (unpaired) electrons. The number of aryl methyl sites for hydroxylation is 1. The van der Waals surface area contributed by atoms with Gasteiger partial charge in [0.05, 0.1) is 19.1 Å². The first-order valence-corrected chi connectivity index (χ1v) is 16.9. The van der Waals surface area contributed by atoms with Crippen molar-refractivity contribution in [3.8, 4) is 5.75 Å². The second-order valence-electron chi connectivity index (χ2n) is 14.8. The van der Waals surface area contributed by atoms with Crippen LogP contribution in [0.3, 0.4) is 0 Å². The maximum absolute atomic E-state index is 13.3. The van der Waals surface area contributed by atoms with Crippen LogP contribution in [0.15, 0.2) is 36.4 Å². The van der Waals surface area contributed by atoms with Crippen LogP contribution < -0.4 is 15.4 Å². The summed E-state index contributed by atoms with van der Waals surface area (Å²) in [5.74, 6) is 0.124. The molecule has 272 valence electrons. The molecule has 0 aliphatic carbocycles. The normalized spacial score (nSPS) is 21.8. The predicted octanol–water partition coefficient (Wildman–Crippen LogP) is 2.84. The molecule has 0 spiro atoms. The van der Waals surface area contributed by atoms with Gasteiger partial charge in [0.1, 0.15) is 41.8 Å². The standard InChI is InChI=1S/C38H57N3O8/c1-22(2)27-20-29(48-10)28(34-33(45)32(44)31(43)30(21-42)49-34)19-26(27)18-25-12-11-24(17-23(25)3)13-14-37(4,5)35(46)40-38(6,7)36(47)39-15-16-41(8)9/h11-14,17,19-20,22,30-34,42-45H,15-16,18,21H2,1-10H3,(H,39,47)(H,40,46)/b14-13+/t30-,31-,32+,33-,34+/m1/s1. The number of carbonyl (C=O) groups excluding carboxylic acids is 2. The maximum atomic E-state index is 13.3. The molecule has 1 fully saturated rings. The molecule has 2 amide bonds. The zero-order valence-electron chi connectivity index (χ0n) is 30.7. The Labute approximate surface area is 291 Å². The SMILES string of the molecule is COc1cc(C(C)C)c(Cc2ccc(/C=C/C(C)(C)C(=O)NC(C)(C)C(=O)NCCN(C)C)cc2C)cc1[C@@H]1O[C@H](CO)[C@@H](O)[C@H](O)[C@H]1O. The van der Waals surface area contributed by atoms with Crippen molar-refractivity contribution in [2.24, 2.45) is 5.41 Å². The summed E-state index contributed by atoms with van der Waals surface area (Å²) in [6, 6.07) is 9.93. The third-order valence-electron chi connectivity index (χ3n) is 9.18. The number of aliphatic hydroxyl groups is 4. The summed E-state index contributed by atoms with van der Waals surface area (Å²) in [6.07, 6.45) is -2.14. The van der Waals surface area contributed by atoms with E-state index in [0.717, 1.165) is 27.8 Å². The van der Waals surface area contributed by atoms with Gasteiger partial charge in [-0.3, -0.25) is 9.59 Å². The molecule has 11 nitrogen and oxygen atoms in total. The molecule has 3 rings (SSSR count). The highest BCUT2D eigenvalue weighted by Gasteiger charge is 2.45. The first-order chi connectivity index (χ1) is 22.8. The van der Waals surface area contributed by atoms with Gasteiger partial charge in [0.25, 0.3) is 0 Å². The van der Waals surface area contributed by atoms with E-state index < -0.39 is 48.1 Å². The van der Waals surface area contributed by atoms with Crippen LogP contribution in [0.4, 0.5) is 0 Å². The van der Waals surface area contributed by atoms with Gasteiger partial charge in [0, 0.05) is 18.7 Å². The molecular formula is C38H57N3O8. The largest absolute Gasteiger partial charge is 0.496 e. The van der Waals surface area contributed by atoms with Crippen molar-refractivity contribution in [2.45, 2.75) is 96.9 Å². The molecule has 0 unspecified atom stereocenters. The van der Waals surface area contributed by atoms with E-state index >= 15 is 0 Å². The van der Waals surface area contributed by atoms with Crippen molar-refractivity contribution >= 4 is 17.9 Å². The average molecular weight is 684 g/mol. The van der Waals surface area contributed by atoms with Gasteiger partial charge in [-0.2, -0.15) is 0 Å². The van der Waals surface area contributed by atoms with Gasteiger partial charge in [0.2, 0.25) is 11.8 Å². The fraction of sp³-hybridized carbons (Fsp3) is 0.579. The van der Waals surface area contributed by atoms with Gasteiger partial charge in [-0.1, -0.05) is 44.2 Å². The number of nitrogens with zero attached hydrogens (tertiary/aromatic N) is 1. The predicted molar refractivity (Wildman–Crippen MR) is 190 cm³/mol. The van der Waals surface area contributed by atoms with E-state index in [2.05, 4.69) is 30.5 Å². The molecule has 0 bridgehead atoms. The fourth-order valence-electron chi connectivity index (χ4n) is 5.83. The lowest BCUT2D eigenvalue weighted by Gasteiger charge is -2.40. The van der Waals surface area contributed by atoms with Gasteiger partial charge in [-0.15, -0.1) is 0 Å². The zero-order chi connectivity index (χ0) is 36.8. The van der Waals surface area contributed by atoms with Crippen molar-refractivity contribution in [2.75, 3.05) is 40.9 Å². The van der Waals surface area contributed by atoms with E-state index in [9.17, 15) is 30.0 Å². The average Bonchev–Trinajstić information content (AvgIpc) is 3.03. The van der Waals surface area contributed by atoms with Crippen LogP contribution in [-0.2, 0) is 20.7 Å². The topological polar surface area (TPSA) is 161 Å². The number of rotatable bonds is 14. The Balaban J connectivity index is 1.83. The summed E-state index contributed by atoms with van der Waals surface area (Å²) in [6.45, 7) is 13.9. The quantitative estimate of drug-likeness (QED) is 0.176. The third kappa shape index (κ3) is 9.90. The van der Waals surface area contributed by atoms with Gasteiger partial charge in [-0.25, -0.2) is 0 Å². The lowest BCUT2D eigenvalue weighted by atomic mass is 9.85. The molecule has 6 N–H and O–H groups in total. The fourth-order valence-corrected chi connectivity index (χ4v) is 5.83. The van der Waals surface area contributed by atoms with Gasteiger partial charge >= 0.3 is 0 Å². The molecule has 0 aromatic heterocycles. The minimum absolute atomic E-state index is 0.151. The minimum Gasteiger partial charge on any atom is -0.496 e. The van der Waals surface area contributed by atoms with Crippen LogP contribution in [0.5, 0.6) is 5.75 Å². The third-order valence-corrected chi connectivity index (χ3v) is 9.18. The number of methoxy groups -OCH3 is 1. The van der Waals surface area contributed by atoms with E-state index in [-0.39, 0.29) is 17.7 Å². The van der Waals surface area contributed by atoms with Crippen molar-refractivity contribution < 1.29 is 39.5 Å². The number of hydrogen-bond donors (Lipinski definition) is 6. The lowest BCUT2D eigenvalue weighted by molar-refractivity contribution is -0.232. The number of carbonyl (C=O) groups is 2. The molecule has 1 saturated heterocycles. The van der Waals surface area contributed by atoms with Crippen LogP contribution >= 0.6 is 0 Å². The Bertz CT molecular complexity index is 1480. The highest BCUT2D eigenvalue weighted by atomic mass is 16.5. The summed E-state index contributed by atoms with van der Waals surface area (Å²) in [5.41, 5.74) is 3.63. The second kappa shape index (κ2) is 16.6. The summed E-state index contributed by atoms with van der Waals surface area (Å²) in [7, 11) is 5.38. The van der Waals surface area contributed by atoms with Crippen molar-refractivity contribution in [1.29, 1.82) is 0 Å². The van der Waals surface area contributed by atoms with Crippen LogP contribution in [0.25, 0.3) is 6.08 Å². The van der Waals surface area contributed by atoms with Crippen LogP contribution in [0.1, 0.15) is 86.9 Å². The molecule has 2 aromatic rings. The highest BCUT2D eigenvalue weighted by Crippen LogP contribution is 2.40. The molecule has 1 aliphatic heterocycles. The highest BCUT2D eigenvalue weighted by molar-refractivity contribution is 5.93. The number of hydrogen-bond acceptors (Lipinski definition) is 9. The molecule has 0 saturated carbocycles. The molecule has 2 aromatic carbocycles.